The van der Waals surface area contributed by atoms with Gasteiger partial charge in [-0.2, -0.15) is 0 Å². The van der Waals surface area contributed by atoms with E-state index in [1.54, 1.807) is 7.11 Å². The second-order valence-electron chi connectivity index (χ2n) is 7.77. The molecule has 2 fully saturated rings. The van der Waals surface area contributed by atoms with E-state index in [4.69, 9.17) is 9.47 Å². The lowest BCUT2D eigenvalue weighted by Gasteiger charge is -2.30. The van der Waals surface area contributed by atoms with Crippen LogP contribution in [0.4, 0.5) is 0 Å². The largest absolute Gasteiger partial charge is 0.496 e. The first kappa shape index (κ1) is 20.2. The number of carbonyl (C=O) groups is 1. The van der Waals surface area contributed by atoms with E-state index in [9.17, 15) is 4.79 Å². The fraction of sp³-hybridized carbons (Fsp3) is 0.682. The Balaban J connectivity index is 1.65. The lowest BCUT2D eigenvalue weighted by Crippen LogP contribution is -2.43. The van der Waals surface area contributed by atoms with Crippen molar-refractivity contribution in [3.05, 3.63) is 29.8 Å². The van der Waals surface area contributed by atoms with Crippen LogP contribution in [-0.2, 0) is 16.1 Å². The first-order valence-corrected chi connectivity index (χ1v) is 10.5. The van der Waals surface area contributed by atoms with Crippen LogP contribution in [0.25, 0.3) is 0 Å². The SMILES string of the molecule is COc1ccccc1CN(CC(=O)N1CCCCCCC1)CC1CCCO1. The van der Waals surface area contributed by atoms with Crippen molar-refractivity contribution < 1.29 is 14.3 Å². The van der Waals surface area contributed by atoms with E-state index in [0.29, 0.717) is 13.1 Å². The van der Waals surface area contributed by atoms with E-state index in [-0.39, 0.29) is 12.0 Å². The molecule has 1 amide bonds. The molecule has 0 spiro atoms. The summed E-state index contributed by atoms with van der Waals surface area (Å²) < 4.78 is 11.4. The predicted molar refractivity (Wildman–Crippen MR) is 107 cm³/mol. The van der Waals surface area contributed by atoms with Gasteiger partial charge >= 0.3 is 0 Å². The molecule has 0 aliphatic carbocycles. The van der Waals surface area contributed by atoms with E-state index in [1.807, 2.05) is 18.2 Å². The second-order valence-corrected chi connectivity index (χ2v) is 7.77. The fourth-order valence-electron chi connectivity index (χ4n) is 4.12. The average Bonchev–Trinajstić information content (AvgIpc) is 3.14. The van der Waals surface area contributed by atoms with Crippen molar-refractivity contribution in [3.63, 3.8) is 0 Å². The summed E-state index contributed by atoms with van der Waals surface area (Å²) >= 11 is 0. The number of hydrogen-bond donors (Lipinski definition) is 0. The maximum Gasteiger partial charge on any atom is 0.236 e. The van der Waals surface area contributed by atoms with Gasteiger partial charge < -0.3 is 14.4 Å². The van der Waals surface area contributed by atoms with Gasteiger partial charge in [-0.15, -0.1) is 0 Å². The minimum atomic E-state index is 0.236. The van der Waals surface area contributed by atoms with Crippen molar-refractivity contribution in [1.29, 1.82) is 0 Å². The molecular formula is C22H34N2O3. The number of amides is 1. The summed E-state index contributed by atoms with van der Waals surface area (Å²) in [5, 5.41) is 0. The molecule has 27 heavy (non-hydrogen) atoms. The molecule has 2 saturated heterocycles. The summed E-state index contributed by atoms with van der Waals surface area (Å²) in [5.74, 6) is 1.14. The maximum absolute atomic E-state index is 13.0. The Bertz CT molecular complexity index is 579. The minimum absolute atomic E-state index is 0.236. The van der Waals surface area contributed by atoms with Gasteiger partial charge in [0.15, 0.2) is 0 Å². The number of benzene rings is 1. The van der Waals surface area contributed by atoms with Crippen LogP contribution in [0.2, 0.25) is 0 Å². The Kier molecular flexibility index (Phi) is 7.96. The monoisotopic (exact) mass is 374 g/mol. The second kappa shape index (κ2) is 10.7. The molecule has 1 unspecified atom stereocenters. The molecule has 3 rings (SSSR count). The highest BCUT2D eigenvalue weighted by Crippen LogP contribution is 2.21. The van der Waals surface area contributed by atoms with Crippen molar-refractivity contribution in [1.82, 2.24) is 9.80 Å². The van der Waals surface area contributed by atoms with Crippen molar-refractivity contribution in [2.45, 2.75) is 57.6 Å². The lowest BCUT2D eigenvalue weighted by atomic mass is 10.1. The quantitative estimate of drug-likeness (QED) is 0.733. The number of likely N-dealkylation sites (tertiary alicyclic amines) is 1. The summed E-state index contributed by atoms with van der Waals surface area (Å²) in [6, 6.07) is 8.09. The number of para-hydroxylation sites is 1. The molecule has 2 aliphatic heterocycles. The molecule has 0 aromatic heterocycles. The van der Waals surface area contributed by atoms with Gasteiger partial charge in [0.05, 0.1) is 19.8 Å². The minimum Gasteiger partial charge on any atom is -0.496 e. The first-order valence-electron chi connectivity index (χ1n) is 10.5. The molecule has 5 heteroatoms. The lowest BCUT2D eigenvalue weighted by molar-refractivity contribution is -0.133. The molecule has 2 aliphatic rings. The number of carbonyl (C=O) groups excluding carboxylic acids is 1. The molecule has 5 nitrogen and oxygen atoms in total. The Morgan fingerprint density at radius 1 is 1.15 bits per heavy atom. The third-order valence-corrected chi connectivity index (χ3v) is 5.64. The fourth-order valence-corrected chi connectivity index (χ4v) is 4.12. The summed E-state index contributed by atoms with van der Waals surface area (Å²) in [6.45, 7) is 4.62. The van der Waals surface area contributed by atoms with Crippen LogP contribution in [0.1, 0.15) is 50.5 Å². The zero-order chi connectivity index (χ0) is 18.9. The van der Waals surface area contributed by atoms with Crippen LogP contribution < -0.4 is 4.74 Å². The van der Waals surface area contributed by atoms with Crippen LogP contribution in [0, 0.1) is 0 Å². The first-order chi connectivity index (χ1) is 13.3. The van der Waals surface area contributed by atoms with Crippen LogP contribution in [0.3, 0.4) is 0 Å². The number of hydrogen-bond acceptors (Lipinski definition) is 4. The van der Waals surface area contributed by atoms with Gasteiger partial charge in [-0.3, -0.25) is 9.69 Å². The highest BCUT2D eigenvalue weighted by atomic mass is 16.5. The van der Waals surface area contributed by atoms with E-state index in [2.05, 4.69) is 15.9 Å². The summed E-state index contributed by atoms with van der Waals surface area (Å²) in [5.41, 5.74) is 1.12. The topological polar surface area (TPSA) is 42.0 Å². The van der Waals surface area contributed by atoms with Gasteiger partial charge in [0.1, 0.15) is 5.75 Å². The van der Waals surface area contributed by atoms with Gasteiger partial charge in [0.25, 0.3) is 0 Å². The Morgan fingerprint density at radius 2 is 1.89 bits per heavy atom. The molecule has 0 N–H and O–H groups in total. The van der Waals surface area contributed by atoms with Crippen LogP contribution in [0.15, 0.2) is 24.3 Å². The van der Waals surface area contributed by atoms with Gasteiger partial charge in [-0.05, 0) is 31.7 Å². The highest BCUT2D eigenvalue weighted by molar-refractivity contribution is 5.78. The van der Waals surface area contributed by atoms with Gasteiger partial charge in [0, 0.05) is 38.3 Å². The third-order valence-electron chi connectivity index (χ3n) is 5.64. The molecule has 1 aromatic carbocycles. The predicted octanol–water partition coefficient (Wildman–Crippen LogP) is 3.47. The van der Waals surface area contributed by atoms with Crippen LogP contribution in [0.5, 0.6) is 5.75 Å². The van der Waals surface area contributed by atoms with Gasteiger partial charge in [-0.25, -0.2) is 0 Å². The number of nitrogens with zero attached hydrogens (tertiary/aromatic N) is 2. The van der Waals surface area contributed by atoms with Gasteiger partial charge in [-0.1, -0.05) is 37.5 Å². The van der Waals surface area contributed by atoms with Crippen LogP contribution >= 0.6 is 0 Å². The third kappa shape index (κ3) is 6.22. The van der Waals surface area contributed by atoms with Crippen LogP contribution in [-0.4, -0.2) is 61.7 Å². The Hall–Kier alpha value is -1.59. The molecular weight excluding hydrogens is 340 g/mol. The molecule has 1 atom stereocenters. The smallest absolute Gasteiger partial charge is 0.236 e. The molecule has 0 saturated carbocycles. The van der Waals surface area contributed by atoms with Gasteiger partial charge in [0.2, 0.25) is 5.91 Å². The van der Waals surface area contributed by atoms with Crippen molar-refractivity contribution in [3.8, 4) is 5.75 Å². The summed E-state index contributed by atoms with van der Waals surface area (Å²) in [4.78, 5) is 17.3. The Labute approximate surface area is 163 Å². The summed E-state index contributed by atoms with van der Waals surface area (Å²) in [7, 11) is 1.70. The average molecular weight is 375 g/mol. The molecule has 1 aromatic rings. The van der Waals surface area contributed by atoms with E-state index < -0.39 is 0 Å². The molecule has 2 heterocycles. The summed E-state index contributed by atoms with van der Waals surface area (Å²) in [6.07, 6.45) is 8.48. The van der Waals surface area contributed by atoms with E-state index in [0.717, 1.165) is 63.2 Å². The van der Waals surface area contributed by atoms with Crippen molar-refractivity contribution in [2.24, 2.45) is 0 Å². The number of rotatable bonds is 7. The molecule has 0 bridgehead atoms. The molecule has 150 valence electrons. The maximum atomic E-state index is 13.0. The van der Waals surface area contributed by atoms with Crippen molar-refractivity contribution in [2.75, 3.05) is 39.9 Å². The number of ether oxygens (including phenoxy) is 2. The zero-order valence-corrected chi connectivity index (χ0v) is 16.7. The standard InChI is InChI=1S/C22H34N2O3/c1-26-21-12-6-5-10-19(21)16-23(17-20-11-9-15-27-20)18-22(25)24-13-7-3-2-4-8-14-24/h5-6,10,12,20H,2-4,7-9,11,13-18H2,1H3. The van der Waals surface area contributed by atoms with E-state index in [1.165, 1.54) is 19.3 Å². The molecule has 0 radical (unpaired) electrons. The van der Waals surface area contributed by atoms with Crippen molar-refractivity contribution >= 4 is 5.91 Å². The van der Waals surface area contributed by atoms with E-state index >= 15 is 0 Å². The highest BCUT2D eigenvalue weighted by Gasteiger charge is 2.24. The normalized spacial score (nSPS) is 21.1. The number of methoxy groups -OCH3 is 1. The zero-order valence-electron chi connectivity index (χ0n) is 16.7. The Morgan fingerprint density at radius 3 is 2.59 bits per heavy atom.